The molecule has 0 unspecified atom stereocenters. The number of carbonyl (C=O) groups excluding carboxylic acids is 1. The molecule has 114 valence electrons. The lowest BCUT2D eigenvalue weighted by molar-refractivity contribution is -0.144. The first-order valence-electron chi connectivity index (χ1n) is 8.12. The van der Waals surface area contributed by atoms with Gasteiger partial charge in [0.15, 0.2) is 0 Å². The summed E-state index contributed by atoms with van der Waals surface area (Å²) in [4.78, 5) is 13.6. The van der Waals surface area contributed by atoms with Crippen molar-refractivity contribution in [3.8, 4) is 0 Å². The number of carbonyl (C=O) groups is 1. The maximum absolute atomic E-state index is 11.4. The molecule has 0 aliphatic rings. The first-order valence-corrected chi connectivity index (χ1v) is 8.12. The van der Waals surface area contributed by atoms with E-state index in [2.05, 4.69) is 18.7 Å². The van der Waals surface area contributed by atoms with Crippen molar-refractivity contribution in [2.75, 3.05) is 26.2 Å². The number of nitrogens with zero attached hydrogens (tertiary/aromatic N) is 1. The predicted octanol–water partition coefficient (Wildman–Crippen LogP) is 4.01. The van der Waals surface area contributed by atoms with Gasteiger partial charge in [0.1, 0.15) is 0 Å². The van der Waals surface area contributed by atoms with Gasteiger partial charge in [-0.15, -0.1) is 0 Å². The Morgan fingerprint density at radius 2 is 1.47 bits per heavy atom. The van der Waals surface area contributed by atoms with E-state index in [0.717, 1.165) is 13.1 Å². The second kappa shape index (κ2) is 13.9. The monoisotopic (exact) mass is 271 g/mol. The molecule has 0 amide bonds. The second-order valence-electron chi connectivity index (χ2n) is 5.15. The Balaban J connectivity index is 3.43. The summed E-state index contributed by atoms with van der Waals surface area (Å²) in [6.07, 6.45) is 10.6. The van der Waals surface area contributed by atoms with Gasteiger partial charge in [-0.25, -0.2) is 0 Å². The highest BCUT2D eigenvalue weighted by Crippen LogP contribution is 2.08. The molecular formula is C16H33NO2. The third kappa shape index (κ3) is 12.2. The molecule has 0 aliphatic heterocycles. The molecule has 0 aromatic rings. The minimum atomic E-state index is -0.0936. The molecule has 3 heteroatoms. The lowest BCUT2D eigenvalue weighted by atomic mass is 10.1. The lowest BCUT2D eigenvalue weighted by Crippen LogP contribution is -2.31. The molecular weight excluding hydrogens is 238 g/mol. The molecule has 0 aromatic carbocycles. The van der Waals surface area contributed by atoms with Crippen LogP contribution >= 0.6 is 0 Å². The molecule has 3 nitrogen and oxygen atoms in total. The maximum Gasteiger partial charge on any atom is 0.320 e. The van der Waals surface area contributed by atoms with Crippen LogP contribution < -0.4 is 0 Å². The normalized spacial score (nSPS) is 10.9. The zero-order valence-electron chi connectivity index (χ0n) is 13.2. The average Bonchev–Trinajstić information content (AvgIpc) is 2.40. The minimum absolute atomic E-state index is 0.0936. The summed E-state index contributed by atoms with van der Waals surface area (Å²) < 4.78 is 4.98. The van der Waals surface area contributed by atoms with Gasteiger partial charge in [0.05, 0.1) is 13.2 Å². The largest absolute Gasteiger partial charge is 0.465 e. The maximum atomic E-state index is 11.4. The van der Waals surface area contributed by atoms with Gasteiger partial charge >= 0.3 is 5.97 Å². The fraction of sp³-hybridized carbons (Fsp3) is 0.938. The van der Waals surface area contributed by atoms with Crippen LogP contribution in [0.15, 0.2) is 0 Å². The van der Waals surface area contributed by atoms with Gasteiger partial charge < -0.3 is 4.74 Å². The van der Waals surface area contributed by atoms with Crippen LogP contribution in [-0.4, -0.2) is 37.1 Å². The number of rotatable bonds is 13. The van der Waals surface area contributed by atoms with Gasteiger partial charge in [-0.1, -0.05) is 58.8 Å². The van der Waals surface area contributed by atoms with E-state index in [1.165, 1.54) is 51.4 Å². The molecule has 0 radical (unpaired) electrons. The van der Waals surface area contributed by atoms with Crippen LogP contribution in [-0.2, 0) is 9.53 Å². The quantitative estimate of drug-likeness (QED) is 0.374. The van der Waals surface area contributed by atoms with E-state index in [4.69, 9.17) is 4.74 Å². The summed E-state index contributed by atoms with van der Waals surface area (Å²) in [5.41, 5.74) is 0. The number of hydrogen-bond acceptors (Lipinski definition) is 3. The summed E-state index contributed by atoms with van der Waals surface area (Å²) in [7, 11) is 0. The third-order valence-electron chi connectivity index (χ3n) is 3.43. The topological polar surface area (TPSA) is 29.5 Å². The van der Waals surface area contributed by atoms with Crippen molar-refractivity contribution in [3.63, 3.8) is 0 Å². The Kier molecular flexibility index (Phi) is 13.4. The molecule has 0 saturated carbocycles. The molecule has 0 saturated heterocycles. The van der Waals surface area contributed by atoms with Crippen LogP contribution in [0.2, 0.25) is 0 Å². The predicted molar refractivity (Wildman–Crippen MR) is 81.4 cm³/mol. The summed E-state index contributed by atoms with van der Waals surface area (Å²) >= 11 is 0. The minimum Gasteiger partial charge on any atom is -0.465 e. The zero-order valence-corrected chi connectivity index (χ0v) is 13.2. The van der Waals surface area contributed by atoms with E-state index in [1.54, 1.807) is 0 Å². The summed E-state index contributed by atoms with van der Waals surface area (Å²) in [6.45, 7) is 9.08. The first kappa shape index (κ1) is 18.4. The highest BCUT2D eigenvalue weighted by molar-refractivity contribution is 5.71. The number of hydrogen-bond donors (Lipinski definition) is 0. The molecule has 0 atom stereocenters. The van der Waals surface area contributed by atoms with Crippen molar-refractivity contribution >= 4 is 5.97 Å². The van der Waals surface area contributed by atoms with Crippen LogP contribution in [0.4, 0.5) is 0 Å². The van der Waals surface area contributed by atoms with Crippen molar-refractivity contribution in [2.24, 2.45) is 0 Å². The molecule has 0 fully saturated rings. The van der Waals surface area contributed by atoms with Gasteiger partial charge in [0.25, 0.3) is 0 Å². The van der Waals surface area contributed by atoms with E-state index < -0.39 is 0 Å². The Labute approximate surface area is 119 Å². The third-order valence-corrected chi connectivity index (χ3v) is 3.43. The Morgan fingerprint density at radius 1 is 0.895 bits per heavy atom. The van der Waals surface area contributed by atoms with E-state index >= 15 is 0 Å². The number of ether oxygens (including phenoxy) is 1. The molecule has 0 aliphatic carbocycles. The zero-order chi connectivity index (χ0) is 14.3. The van der Waals surface area contributed by atoms with Crippen molar-refractivity contribution in [1.29, 1.82) is 0 Å². The fourth-order valence-electron chi connectivity index (χ4n) is 2.21. The summed E-state index contributed by atoms with van der Waals surface area (Å²) in [6, 6.07) is 0. The van der Waals surface area contributed by atoms with Crippen molar-refractivity contribution in [2.45, 2.75) is 72.1 Å². The smallest absolute Gasteiger partial charge is 0.320 e. The Hall–Kier alpha value is -0.570. The van der Waals surface area contributed by atoms with Gasteiger partial charge in [-0.3, -0.25) is 9.69 Å². The molecule has 0 aromatic heterocycles. The van der Waals surface area contributed by atoms with Gasteiger partial charge in [0.2, 0.25) is 0 Å². The SMILES string of the molecule is CCCCCCCCCCN(CC)CC(=O)OCC. The van der Waals surface area contributed by atoms with Crippen molar-refractivity contribution < 1.29 is 9.53 Å². The number of esters is 1. The Morgan fingerprint density at radius 3 is 2.00 bits per heavy atom. The van der Waals surface area contributed by atoms with E-state index in [1.807, 2.05) is 6.92 Å². The van der Waals surface area contributed by atoms with Crippen LogP contribution in [0.3, 0.4) is 0 Å². The first-order chi connectivity index (χ1) is 9.24. The molecule has 19 heavy (non-hydrogen) atoms. The number of unbranched alkanes of at least 4 members (excludes halogenated alkanes) is 7. The van der Waals surface area contributed by atoms with E-state index in [-0.39, 0.29) is 5.97 Å². The second-order valence-corrected chi connectivity index (χ2v) is 5.15. The van der Waals surface area contributed by atoms with Crippen LogP contribution in [0.5, 0.6) is 0 Å². The Bertz CT molecular complexity index is 207. The fourth-order valence-corrected chi connectivity index (χ4v) is 2.21. The summed E-state index contributed by atoms with van der Waals surface area (Å²) in [5, 5.41) is 0. The lowest BCUT2D eigenvalue weighted by Gasteiger charge is -2.18. The van der Waals surface area contributed by atoms with E-state index in [9.17, 15) is 4.79 Å². The molecule has 0 bridgehead atoms. The van der Waals surface area contributed by atoms with Gasteiger partial charge in [-0.05, 0) is 26.4 Å². The highest BCUT2D eigenvalue weighted by Gasteiger charge is 2.08. The van der Waals surface area contributed by atoms with E-state index in [0.29, 0.717) is 13.2 Å². The van der Waals surface area contributed by atoms with Crippen molar-refractivity contribution in [1.82, 2.24) is 4.90 Å². The standard InChI is InChI=1S/C16H33NO2/c1-4-7-8-9-10-11-12-13-14-17(5-2)15-16(18)19-6-3/h4-15H2,1-3H3. The number of likely N-dealkylation sites (N-methyl/N-ethyl adjacent to an activating group) is 1. The van der Waals surface area contributed by atoms with Gasteiger partial charge in [-0.2, -0.15) is 0 Å². The van der Waals surface area contributed by atoms with Crippen LogP contribution in [0.25, 0.3) is 0 Å². The highest BCUT2D eigenvalue weighted by atomic mass is 16.5. The van der Waals surface area contributed by atoms with Crippen LogP contribution in [0, 0.1) is 0 Å². The molecule has 0 heterocycles. The van der Waals surface area contributed by atoms with Crippen LogP contribution in [0.1, 0.15) is 72.1 Å². The molecule has 0 rings (SSSR count). The molecule has 0 spiro atoms. The van der Waals surface area contributed by atoms with Gasteiger partial charge in [0, 0.05) is 0 Å². The average molecular weight is 271 g/mol. The molecule has 0 N–H and O–H groups in total. The van der Waals surface area contributed by atoms with Crippen molar-refractivity contribution in [3.05, 3.63) is 0 Å². The summed E-state index contributed by atoms with van der Waals surface area (Å²) in [5.74, 6) is -0.0936.